The van der Waals surface area contributed by atoms with Crippen LogP contribution in [0.2, 0.25) is 0 Å². The molecule has 4 nitrogen and oxygen atoms in total. The molecule has 0 fully saturated rings. The summed E-state index contributed by atoms with van der Waals surface area (Å²) in [5.41, 5.74) is 6.93. The van der Waals surface area contributed by atoms with E-state index in [1.165, 1.54) is 11.3 Å². The first-order valence-corrected chi connectivity index (χ1v) is 6.49. The first-order chi connectivity index (χ1) is 8.68. The van der Waals surface area contributed by atoms with E-state index in [2.05, 4.69) is 4.98 Å². The van der Waals surface area contributed by atoms with Gasteiger partial charge in [0, 0.05) is 30.9 Å². The number of likely N-dealkylation sites (N-methyl/N-ethyl adjacent to an activating group) is 1. The van der Waals surface area contributed by atoms with Gasteiger partial charge in [-0.1, -0.05) is 12.1 Å². The molecule has 0 aromatic carbocycles. The second-order valence-electron chi connectivity index (χ2n) is 4.05. The van der Waals surface area contributed by atoms with Crippen LogP contribution in [0.4, 0.5) is 0 Å². The van der Waals surface area contributed by atoms with E-state index in [-0.39, 0.29) is 5.91 Å². The third-order valence-corrected chi connectivity index (χ3v) is 3.59. The highest BCUT2D eigenvalue weighted by Crippen LogP contribution is 2.19. The molecule has 94 valence electrons. The number of pyridine rings is 1. The van der Waals surface area contributed by atoms with Crippen LogP contribution in [0.25, 0.3) is 0 Å². The number of hydrogen-bond acceptors (Lipinski definition) is 4. The minimum Gasteiger partial charge on any atom is -0.340 e. The lowest BCUT2D eigenvalue weighted by molar-refractivity contribution is -0.131. The zero-order chi connectivity index (χ0) is 13.0. The molecule has 0 aliphatic heterocycles. The molecular weight excluding hydrogens is 246 g/mol. The predicted octanol–water partition coefficient (Wildman–Crippen LogP) is 1.80. The number of amides is 1. The highest BCUT2D eigenvalue weighted by atomic mass is 32.1. The van der Waals surface area contributed by atoms with Crippen molar-refractivity contribution in [3.8, 4) is 0 Å². The van der Waals surface area contributed by atoms with Crippen LogP contribution in [-0.4, -0.2) is 22.8 Å². The molecule has 1 unspecified atom stereocenters. The molecule has 2 heterocycles. The Kier molecular flexibility index (Phi) is 4.07. The van der Waals surface area contributed by atoms with E-state index in [1.54, 1.807) is 24.3 Å². The number of nitrogens with zero attached hydrogens (tertiary/aromatic N) is 2. The molecule has 18 heavy (non-hydrogen) atoms. The molecule has 2 aromatic heterocycles. The van der Waals surface area contributed by atoms with Crippen molar-refractivity contribution < 1.29 is 4.79 Å². The van der Waals surface area contributed by atoms with Crippen molar-refractivity contribution in [1.82, 2.24) is 9.88 Å². The van der Waals surface area contributed by atoms with Crippen molar-refractivity contribution in [2.45, 2.75) is 12.6 Å². The van der Waals surface area contributed by atoms with Gasteiger partial charge in [0.2, 0.25) is 5.91 Å². The molecular formula is C13H15N3OS. The molecule has 2 aromatic rings. The fourth-order valence-electron chi connectivity index (χ4n) is 1.67. The number of hydrogen-bond donors (Lipinski definition) is 1. The Balaban J connectivity index is 2.01. The van der Waals surface area contributed by atoms with Crippen molar-refractivity contribution in [2.75, 3.05) is 7.05 Å². The average Bonchev–Trinajstić information content (AvgIpc) is 2.92. The summed E-state index contributed by atoms with van der Waals surface area (Å²) >= 11 is 1.50. The summed E-state index contributed by atoms with van der Waals surface area (Å²) in [6, 6.07) is 6.99. The summed E-state index contributed by atoms with van der Waals surface area (Å²) in [7, 11) is 1.75. The Hall–Kier alpha value is -1.72. The number of carbonyl (C=O) groups is 1. The molecule has 5 heteroatoms. The van der Waals surface area contributed by atoms with Gasteiger partial charge in [-0.25, -0.2) is 0 Å². The average molecular weight is 261 g/mol. The van der Waals surface area contributed by atoms with Crippen LogP contribution in [0, 0.1) is 0 Å². The lowest BCUT2D eigenvalue weighted by Crippen LogP contribution is -2.35. The maximum Gasteiger partial charge on any atom is 0.244 e. The molecule has 2 N–H and O–H groups in total. The Morgan fingerprint density at radius 2 is 2.33 bits per heavy atom. The molecule has 0 aliphatic rings. The van der Waals surface area contributed by atoms with E-state index >= 15 is 0 Å². The Bertz CT molecular complexity index is 498. The summed E-state index contributed by atoms with van der Waals surface area (Å²) in [6.45, 7) is 0.520. The summed E-state index contributed by atoms with van der Waals surface area (Å²) in [6.07, 6.45) is 3.46. The van der Waals surface area contributed by atoms with Crippen molar-refractivity contribution >= 4 is 17.2 Å². The standard InChI is InChI=1S/C13H15N3OS/c1-16(9-10-4-2-6-15-8-10)13(17)12(14)11-5-3-7-18-11/h2-8,12H,9,14H2,1H3. The van der Waals surface area contributed by atoms with Gasteiger partial charge < -0.3 is 10.6 Å². The highest BCUT2D eigenvalue weighted by molar-refractivity contribution is 7.10. The molecule has 0 radical (unpaired) electrons. The Labute approximate surface area is 110 Å². The lowest BCUT2D eigenvalue weighted by atomic mass is 10.2. The quantitative estimate of drug-likeness (QED) is 0.913. The van der Waals surface area contributed by atoms with Gasteiger partial charge >= 0.3 is 0 Å². The van der Waals surface area contributed by atoms with Crippen LogP contribution in [0.5, 0.6) is 0 Å². The maximum atomic E-state index is 12.1. The van der Waals surface area contributed by atoms with Crippen molar-refractivity contribution in [3.05, 3.63) is 52.5 Å². The van der Waals surface area contributed by atoms with Crippen LogP contribution in [0.1, 0.15) is 16.5 Å². The van der Waals surface area contributed by atoms with Crippen LogP contribution < -0.4 is 5.73 Å². The van der Waals surface area contributed by atoms with Crippen LogP contribution in [-0.2, 0) is 11.3 Å². The van der Waals surface area contributed by atoms with Gasteiger partial charge in [0.15, 0.2) is 0 Å². The van der Waals surface area contributed by atoms with Crippen molar-refractivity contribution in [3.63, 3.8) is 0 Å². The van der Waals surface area contributed by atoms with Crippen molar-refractivity contribution in [1.29, 1.82) is 0 Å². The number of aromatic nitrogens is 1. The van der Waals surface area contributed by atoms with Gasteiger partial charge in [0.1, 0.15) is 6.04 Å². The Morgan fingerprint density at radius 3 is 2.94 bits per heavy atom. The summed E-state index contributed by atoms with van der Waals surface area (Å²) in [4.78, 5) is 18.7. The normalized spacial score (nSPS) is 12.1. The minimum absolute atomic E-state index is 0.0821. The third-order valence-electron chi connectivity index (χ3n) is 2.63. The van der Waals surface area contributed by atoms with E-state index < -0.39 is 6.04 Å². The van der Waals surface area contributed by atoms with Crippen molar-refractivity contribution in [2.24, 2.45) is 5.73 Å². The molecule has 1 atom stereocenters. The second kappa shape index (κ2) is 5.75. The lowest BCUT2D eigenvalue weighted by Gasteiger charge is -2.20. The van der Waals surface area contributed by atoms with Gasteiger partial charge in [-0.05, 0) is 23.1 Å². The van der Waals surface area contributed by atoms with Gasteiger partial charge in [-0.3, -0.25) is 9.78 Å². The zero-order valence-corrected chi connectivity index (χ0v) is 10.9. The summed E-state index contributed by atoms with van der Waals surface area (Å²) < 4.78 is 0. The van der Waals surface area contributed by atoms with E-state index in [0.29, 0.717) is 6.54 Å². The molecule has 2 rings (SSSR count). The SMILES string of the molecule is CN(Cc1cccnc1)C(=O)C(N)c1cccs1. The Morgan fingerprint density at radius 1 is 1.50 bits per heavy atom. The van der Waals surface area contributed by atoms with Crippen LogP contribution >= 0.6 is 11.3 Å². The van der Waals surface area contributed by atoms with Crippen LogP contribution in [0.3, 0.4) is 0 Å². The van der Waals surface area contributed by atoms with E-state index in [0.717, 1.165) is 10.4 Å². The summed E-state index contributed by atoms with van der Waals surface area (Å²) in [5, 5.41) is 1.92. The fourth-order valence-corrected chi connectivity index (χ4v) is 2.39. The first kappa shape index (κ1) is 12.7. The highest BCUT2D eigenvalue weighted by Gasteiger charge is 2.20. The first-order valence-electron chi connectivity index (χ1n) is 5.61. The fraction of sp³-hybridized carbons (Fsp3) is 0.231. The number of carbonyl (C=O) groups excluding carboxylic acids is 1. The molecule has 0 saturated carbocycles. The van der Waals surface area contributed by atoms with Crippen LogP contribution in [0.15, 0.2) is 42.0 Å². The maximum absolute atomic E-state index is 12.1. The van der Waals surface area contributed by atoms with Gasteiger partial charge in [0.25, 0.3) is 0 Å². The molecule has 0 aliphatic carbocycles. The van der Waals surface area contributed by atoms with Gasteiger partial charge in [-0.15, -0.1) is 11.3 Å². The number of rotatable bonds is 4. The smallest absolute Gasteiger partial charge is 0.244 e. The second-order valence-corrected chi connectivity index (χ2v) is 5.03. The zero-order valence-electron chi connectivity index (χ0n) is 10.1. The van der Waals surface area contributed by atoms with E-state index in [1.807, 2.05) is 29.6 Å². The third kappa shape index (κ3) is 2.94. The number of nitrogens with two attached hydrogens (primary N) is 1. The topological polar surface area (TPSA) is 59.2 Å². The predicted molar refractivity (Wildman–Crippen MR) is 72.0 cm³/mol. The van der Waals surface area contributed by atoms with Gasteiger partial charge in [-0.2, -0.15) is 0 Å². The monoisotopic (exact) mass is 261 g/mol. The largest absolute Gasteiger partial charge is 0.340 e. The van der Waals surface area contributed by atoms with Gasteiger partial charge in [0.05, 0.1) is 0 Å². The molecule has 0 spiro atoms. The molecule has 0 saturated heterocycles. The van der Waals surface area contributed by atoms with E-state index in [4.69, 9.17) is 5.73 Å². The summed E-state index contributed by atoms with van der Waals surface area (Å²) in [5.74, 6) is -0.0821. The molecule has 1 amide bonds. The van der Waals surface area contributed by atoms with E-state index in [9.17, 15) is 4.79 Å². The number of thiophene rings is 1. The molecule has 0 bridgehead atoms. The minimum atomic E-state index is -0.577.